The molecule has 1 aliphatic rings. The van der Waals surface area contributed by atoms with Crippen LogP contribution in [0.25, 0.3) is 0 Å². The lowest BCUT2D eigenvalue weighted by atomic mass is 9.85. The Balaban J connectivity index is 2.21. The molecule has 1 aromatic carbocycles. The molecule has 19 heavy (non-hydrogen) atoms. The summed E-state index contributed by atoms with van der Waals surface area (Å²) in [6.45, 7) is 6.50. The number of benzene rings is 1. The molecule has 0 aliphatic carbocycles. The van der Waals surface area contributed by atoms with Gasteiger partial charge in [0.05, 0.1) is 13.2 Å². The summed E-state index contributed by atoms with van der Waals surface area (Å²) in [5, 5.41) is 10.3. The third-order valence-electron chi connectivity index (χ3n) is 3.81. The van der Waals surface area contributed by atoms with Gasteiger partial charge in [-0.15, -0.1) is 0 Å². The Bertz CT molecular complexity index is 442. The molecule has 1 heterocycles. The summed E-state index contributed by atoms with van der Waals surface area (Å²) in [5.74, 6) is 2.16. The minimum atomic E-state index is -0.452. The van der Waals surface area contributed by atoms with Crippen LogP contribution in [0, 0.1) is 5.92 Å². The van der Waals surface area contributed by atoms with E-state index in [0.29, 0.717) is 12.3 Å². The van der Waals surface area contributed by atoms with Crippen molar-refractivity contribution in [2.75, 3.05) is 7.11 Å². The molecule has 2 atom stereocenters. The molecule has 1 aliphatic heterocycles. The maximum atomic E-state index is 10.3. The van der Waals surface area contributed by atoms with E-state index in [9.17, 15) is 5.11 Å². The van der Waals surface area contributed by atoms with Gasteiger partial charge in [0.15, 0.2) is 0 Å². The summed E-state index contributed by atoms with van der Waals surface area (Å²) in [4.78, 5) is 0. The van der Waals surface area contributed by atoms with E-state index in [-0.39, 0.29) is 5.60 Å². The van der Waals surface area contributed by atoms with E-state index in [1.54, 1.807) is 7.11 Å². The van der Waals surface area contributed by atoms with Crippen LogP contribution < -0.4 is 9.47 Å². The summed E-state index contributed by atoms with van der Waals surface area (Å²) >= 11 is 0. The van der Waals surface area contributed by atoms with Crippen molar-refractivity contribution in [3.05, 3.63) is 23.8 Å². The molecule has 1 unspecified atom stereocenters. The van der Waals surface area contributed by atoms with Gasteiger partial charge in [-0.25, -0.2) is 0 Å². The molecule has 0 fully saturated rings. The fourth-order valence-electron chi connectivity index (χ4n) is 2.58. The number of aliphatic hydroxyl groups is 1. The van der Waals surface area contributed by atoms with Crippen molar-refractivity contribution in [2.45, 2.75) is 51.7 Å². The van der Waals surface area contributed by atoms with E-state index in [1.807, 2.05) is 18.2 Å². The van der Waals surface area contributed by atoms with Gasteiger partial charge in [0, 0.05) is 18.1 Å². The largest absolute Gasteiger partial charge is 0.497 e. The maximum Gasteiger partial charge on any atom is 0.129 e. The monoisotopic (exact) mass is 264 g/mol. The fraction of sp³-hybridized carbons (Fsp3) is 0.625. The number of hydrogen-bond acceptors (Lipinski definition) is 3. The second kappa shape index (κ2) is 5.41. The van der Waals surface area contributed by atoms with E-state index < -0.39 is 6.10 Å². The zero-order valence-electron chi connectivity index (χ0n) is 12.3. The van der Waals surface area contributed by atoms with Crippen LogP contribution in [0.2, 0.25) is 0 Å². The van der Waals surface area contributed by atoms with Crippen molar-refractivity contribution in [3.8, 4) is 11.5 Å². The molecule has 1 aromatic rings. The number of rotatable bonds is 4. The SMILES string of the molecule is COc1ccc2c(c1)OC(C)(CCC(C)C)C[C@H]2O. The van der Waals surface area contributed by atoms with Gasteiger partial charge in [-0.3, -0.25) is 0 Å². The summed E-state index contributed by atoms with van der Waals surface area (Å²) in [6.07, 6.45) is 2.26. The zero-order valence-corrected chi connectivity index (χ0v) is 12.3. The first-order valence-electron chi connectivity index (χ1n) is 6.98. The first kappa shape index (κ1) is 14.2. The Kier molecular flexibility index (Phi) is 4.04. The summed E-state index contributed by atoms with van der Waals surface area (Å²) in [6, 6.07) is 5.62. The lowest BCUT2D eigenvalue weighted by Crippen LogP contribution is -2.38. The smallest absolute Gasteiger partial charge is 0.129 e. The van der Waals surface area contributed by atoms with E-state index in [1.165, 1.54) is 0 Å². The van der Waals surface area contributed by atoms with Gasteiger partial charge in [-0.05, 0) is 37.8 Å². The second-order valence-corrected chi connectivity index (χ2v) is 6.11. The number of aliphatic hydroxyl groups excluding tert-OH is 1. The highest BCUT2D eigenvalue weighted by Crippen LogP contribution is 2.43. The van der Waals surface area contributed by atoms with Gasteiger partial charge in [0.25, 0.3) is 0 Å². The molecular formula is C16H24O3. The van der Waals surface area contributed by atoms with E-state index in [2.05, 4.69) is 20.8 Å². The molecule has 0 saturated carbocycles. The highest BCUT2D eigenvalue weighted by Gasteiger charge is 2.36. The molecule has 0 bridgehead atoms. The molecule has 0 saturated heterocycles. The molecular weight excluding hydrogens is 240 g/mol. The lowest BCUT2D eigenvalue weighted by Gasteiger charge is -2.38. The van der Waals surface area contributed by atoms with Crippen molar-refractivity contribution in [2.24, 2.45) is 5.92 Å². The Labute approximate surface area is 115 Å². The first-order valence-corrected chi connectivity index (χ1v) is 6.98. The van der Waals surface area contributed by atoms with Gasteiger partial charge in [0.1, 0.15) is 17.1 Å². The Morgan fingerprint density at radius 1 is 1.47 bits per heavy atom. The molecule has 3 heteroatoms. The molecule has 1 N–H and O–H groups in total. The minimum Gasteiger partial charge on any atom is -0.497 e. The molecule has 2 rings (SSSR count). The third kappa shape index (κ3) is 3.21. The number of methoxy groups -OCH3 is 1. The lowest BCUT2D eigenvalue weighted by molar-refractivity contribution is -0.0102. The maximum absolute atomic E-state index is 10.3. The summed E-state index contributed by atoms with van der Waals surface area (Å²) < 4.78 is 11.4. The predicted octanol–water partition coefficient (Wildman–Crippen LogP) is 3.71. The molecule has 0 aromatic heterocycles. The van der Waals surface area contributed by atoms with Gasteiger partial charge in [-0.2, -0.15) is 0 Å². The standard InChI is InChI=1S/C16H24O3/c1-11(2)7-8-16(3)10-14(17)13-6-5-12(18-4)9-15(13)19-16/h5-6,9,11,14,17H,7-8,10H2,1-4H3/t14-,16?/m1/s1. The highest BCUT2D eigenvalue weighted by atomic mass is 16.5. The van der Waals surface area contributed by atoms with Gasteiger partial charge in [0.2, 0.25) is 0 Å². The highest BCUT2D eigenvalue weighted by molar-refractivity contribution is 5.43. The Morgan fingerprint density at radius 3 is 2.84 bits per heavy atom. The zero-order chi connectivity index (χ0) is 14.0. The van der Waals surface area contributed by atoms with E-state index in [0.717, 1.165) is 29.9 Å². The number of hydrogen-bond donors (Lipinski definition) is 1. The van der Waals surface area contributed by atoms with Crippen molar-refractivity contribution >= 4 is 0 Å². The first-order chi connectivity index (χ1) is 8.93. The minimum absolute atomic E-state index is 0.289. The molecule has 0 radical (unpaired) electrons. The quantitative estimate of drug-likeness (QED) is 0.901. The Hall–Kier alpha value is -1.22. The molecule has 0 spiro atoms. The molecule has 0 amide bonds. The van der Waals surface area contributed by atoms with Crippen molar-refractivity contribution < 1.29 is 14.6 Å². The van der Waals surface area contributed by atoms with Crippen LogP contribution in [-0.2, 0) is 0 Å². The van der Waals surface area contributed by atoms with E-state index in [4.69, 9.17) is 9.47 Å². The van der Waals surface area contributed by atoms with Crippen LogP contribution in [0.1, 0.15) is 51.7 Å². The van der Waals surface area contributed by atoms with Crippen molar-refractivity contribution in [1.29, 1.82) is 0 Å². The second-order valence-electron chi connectivity index (χ2n) is 6.11. The van der Waals surface area contributed by atoms with Crippen LogP contribution >= 0.6 is 0 Å². The molecule has 106 valence electrons. The third-order valence-corrected chi connectivity index (χ3v) is 3.81. The van der Waals surface area contributed by atoms with Gasteiger partial charge in [-0.1, -0.05) is 13.8 Å². The summed E-state index contributed by atoms with van der Waals surface area (Å²) in [5.41, 5.74) is 0.575. The molecule has 3 nitrogen and oxygen atoms in total. The summed E-state index contributed by atoms with van der Waals surface area (Å²) in [7, 11) is 1.64. The van der Waals surface area contributed by atoms with Gasteiger partial charge >= 0.3 is 0 Å². The topological polar surface area (TPSA) is 38.7 Å². The van der Waals surface area contributed by atoms with Crippen LogP contribution in [0.4, 0.5) is 0 Å². The average Bonchev–Trinajstić information content (AvgIpc) is 2.35. The van der Waals surface area contributed by atoms with Gasteiger partial charge < -0.3 is 14.6 Å². The van der Waals surface area contributed by atoms with Crippen LogP contribution in [0.3, 0.4) is 0 Å². The Morgan fingerprint density at radius 2 is 2.21 bits per heavy atom. The normalized spacial score (nSPS) is 25.9. The van der Waals surface area contributed by atoms with Crippen LogP contribution in [0.15, 0.2) is 18.2 Å². The number of fused-ring (bicyclic) bond motifs is 1. The van der Waals surface area contributed by atoms with Crippen molar-refractivity contribution in [3.63, 3.8) is 0 Å². The average molecular weight is 264 g/mol. The predicted molar refractivity (Wildman–Crippen MR) is 75.7 cm³/mol. The van der Waals surface area contributed by atoms with E-state index >= 15 is 0 Å². The fourth-order valence-corrected chi connectivity index (χ4v) is 2.58. The van der Waals surface area contributed by atoms with Crippen LogP contribution in [0.5, 0.6) is 11.5 Å². The number of ether oxygens (including phenoxy) is 2. The van der Waals surface area contributed by atoms with Crippen LogP contribution in [-0.4, -0.2) is 17.8 Å². The van der Waals surface area contributed by atoms with Crippen molar-refractivity contribution in [1.82, 2.24) is 0 Å².